The molecule has 2 aliphatic rings. The Labute approximate surface area is 100 Å². The van der Waals surface area contributed by atoms with E-state index in [1.165, 1.54) is 38.6 Å². The Morgan fingerprint density at radius 1 is 1.06 bits per heavy atom. The lowest BCUT2D eigenvalue weighted by Crippen LogP contribution is -2.39. The van der Waals surface area contributed by atoms with E-state index in [-0.39, 0.29) is 0 Å². The standard InChI is InChI=1S/C14H27NO/c1-12-4-6-13(7-5-12)15-10-3-8-14(2,16)9-11-15/h12-13,16H,3-11H2,1-2H3. The molecule has 1 atom stereocenters. The van der Waals surface area contributed by atoms with E-state index in [1.54, 1.807) is 0 Å². The number of hydrogen-bond acceptors (Lipinski definition) is 2. The van der Waals surface area contributed by atoms with Crippen LogP contribution in [-0.2, 0) is 0 Å². The van der Waals surface area contributed by atoms with Gasteiger partial charge in [0.1, 0.15) is 0 Å². The summed E-state index contributed by atoms with van der Waals surface area (Å²) in [5, 5.41) is 10.1. The van der Waals surface area contributed by atoms with Gasteiger partial charge in [-0.2, -0.15) is 0 Å². The van der Waals surface area contributed by atoms with Crippen LogP contribution < -0.4 is 0 Å². The summed E-state index contributed by atoms with van der Waals surface area (Å²) in [6.45, 7) is 6.68. The molecule has 2 nitrogen and oxygen atoms in total. The van der Waals surface area contributed by atoms with Crippen molar-refractivity contribution in [2.75, 3.05) is 13.1 Å². The molecule has 1 aliphatic heterocycles. The highest BCUT2D eigenvalue weighted by Gasteiger charge is 2.29. The largest absolute Gasteiger partial charge is 0.390 e. The molecule has 1 saturated carbocycles. The van der Waals surface area contributed by atoms with Gasteiger partial charge in [0.25, 0.3) is 0 Å². The molecule has 1 aliphatic carbocycles. The number of aliphatic hydroxyl groups is 1. The van der Waals surface area contributed by atoms with Gasteiger partial charge in [-0.05, 0) is 64.3 Å². The molecular formula is C14H27NO. The molecule has 2 heteroatoms. The average Bonchev–Trinajstić information content (AvgIpc) is 2.41. The van der Waals surface area contributed by atoms with Crippen LogP contribution >= 0.6 is 0 Å². The van der Waals surface area contributed by atoms with Crippen LogP contribution in [0.3, 0.4) is 0 Å². The average molecular weight is 225 g/mol. The molecule has 0 radical (unpaired) electrons. The second-order valence-electron chi connectivity index (χ2n) is 6.30. The van der Waals surface area contributed by atoms with E-state index in [9.17, 15) is 5.11 Å². The van der Waals surface area contributed by atoms with Crippen molar-refractivity contribution < 1.29 is 5.11 Å². The fraction of sp³-hybridized carbons (Fsp3) is 1.00. The zero-order valence-corrected chi connectivity index (χ0v) is 10.9. The van der Waals surface area contributed by atoms with Gasteiger partial charge >= 0.3 is 0 Å². The third kappa shape index (κ3) is 3.21. The zero-order valence-electron chi connectivity index (χ0n) is 10.9. The van der Waals surface area contributed by atoms with Gasteiger partial charge in [-0.15, -0.1) is 0 Å². The van der Waals surface area contributed by atoms with Crippen LogP contribution in [0.1, 0.15) is 58.8 Å². The molecular weight excluding hydrogens is 198 g/mol. The van der Waals surface area contributed by atoms with Gasteiger partial charge < -0.3 is 10.0 Å². The minimum atomic E-state index is -0.406. The second-order valence-corrected chi connectivity index (χ2v) is 6.30. The lowest BCUT2D eigenvalue weighted by atomic mass is 9.86. The molecule has 2 rings (SSSR count). The fourth-order valence-electron chi connectivity index (χ4n) is 3.26. The van der Waals surface area contributed by atoms with E-state index in [0.29, 0.717) is 0 Å². The molecule has 1 N–H and O–H groups in total. The highest BCUT2D eigenvalue weighted by Crippen LogP contribution is 2.30. The summed E-state index contributed by atoms with van der Waals surface area (Å²) in [5.41, 5.74) is -0.406. The first-order valence-corrected chi connectivity index (χ1v) is 7.03. The molecule has 0 aromatic carbocycles. The van der Waals surface area contributed by atoms with Crippen molar-refractivity contribution in [1.82, 2.24) is 4.90 Å². The summed E-state index contributed by atoms with van der Waals surface area (Å²) < 4.78 is 0. The Morgan fingerprint density at radius 3 is 2.44 bits per heavy atom. The van der Waals surface area contributed by atoms with Crippen molar-refractivity contribution in [3.05, 3.63) is 0 Å². The Hall–Kier alpha value is -0.0800. The van der Waals surface area contributed by atoms with E-state index >= 15 is 0 Å². The van der Waals surface area contributed by atoms with Crippen LogP contribution in [0.25, 0.3) is 0 Å². The second kappa shape index (κ2) is 5.05. The lowest BCUT2D eigenvalue weighted by molar-refractivity contribution is 0.0414. The topological polar surface area (TPSA) is 23.5 Å². The smallest absolute Gasteiger partial charge is 0.0632 e. The predicted octanol–water partition coefficient (Wildman–Crippen LogP) is 2.80. The Bertz CT molecular complexity index is 219. The van der Waals surface area contributed by atoms with Gasteiger partial charge in [-0.25, -0.2) is 0 Å². The van der Waals surface area contributed by atoms with Crippen LogP contribution in [0, 0.1) is 5.92 Å². The van der Waals surface area contributed by atoms with Crippen molar-refractivity contribution in [1.29, 1.82) is 0 Å². The third-order valence-corrected chi connectivity index (χ3v) is 4.60. The molecule has 1 heterocycles. The Balaban J connectivity index is 1.85. The minimum absolute atomic E-state index is 0.406. The van der Waals surface area contributed by atoms with Crippen molar-refractivity contribution in [2.24, 2.45) is 5.92 Å². The molecule has 2 fully saturated rings. The van der Waals surface area contributed by atoms with Gasteiger partial charge in [0.2, 0.25) is 0 Å². The molecule has 94 valence electrons. The van der Waals surface area contributed by atoms with Crippen LogP contribution in [-0.4, -0.2) is 34.7 Å². The quantitative estimate of drug-likeness (QED) is 0.742. The SMILES string of the molecule is CC1CCC(N2CCCC(C)(O)CC2)CC1. The van der Waals surface area contributed by atoms with Crippen LogP contribution in [0.2, 0.25) is 0 Å². The summed E-state index contributed by atoms with van der Waals surface area (Å²) in [7, 11) is 0. The van der Waals surface area contributed by atoms with E-state index < -0.39 is 5.60 Å². The van der Waals surface area contributed by atoms with Crippen LogP contribution in [0.15, 0.2) is 0 Å². The molecule has 0 aromatic rings. The molecule has 0 aromatic heterocycles. The third-order valence-electron chi connectivity index (χ3n) is 4.60. The van der Waals surface area contributed by atoms with Gasteiger partial charge in [-0.3, -0.25) is 0 Å². The molecule has 1 unspecified atom stereocenters. The Kier molecular flexibility index (Phi) is 3.91. The Morgan fingerprint density at radius 2 is 1.75 bits per heavy atom. The van der Waals surface area contributed by atoms with E-state index in [0.717, 1.165) is 31.3 Å². The summed E-state index contributed by atoms with van der Waals surface area (Å²) >= 11 is 0. The van der Waals surface area contributed by atoms with Crippen molar-refractivity contribution >= 4 is 0 Å². The van der Waals surface area contributed by atoms with Gasteiger partial charge in [0.15, 0.2) is 0 Å². The number of likely N-dealkylation sites (tertiary alicyclic amines) is 1. The first-order chi connectivity index (χ1) is 7.57. The first kappa shape index (κ1) is 12.4. The minimum Gasteiger partial charge on any atom is -0.390 e. The lowest BCUT2D eigenvalue weighted by Gasteiger charge is -2.35. The maximum absolute atomic E-state index is 10.1. The summed E-state index contributed by atoms with van der Waals surface area (Å²) in [5.74, 6) is 0.936. The summed E-state index contributed by atoms with van der Waals surface area (Å²) in [6, 6.07) is 0.810. The highest BCUT2D eigenvalue weighted by atomic mass is 16.3. The molecule has 0 amide bonds. The van der Waals surface area contributed by atoms with E-state index in [2.05, 4.69) is 11.8 Å². The van der Waals surface area contributed by atoms with Gasteiger partial charge in [-0.1, -0.05) is 6.92 Å². The van der Waals surface area contributed by atoms with Crippen LogP contribution in [0.5, 0.6) is 0 Å². The van der Waals surface area contributed by atoms with Crippen molar-refractivity contribution in [3.63, 3.8) is 0 Å². The van der Waals surface area contributed by atoms with Crippen molar-refractivity contribution in [3.8, 4) is 0 Å². The zero-order chi connectivity index (χ0) is 11.6. The maximum Gasteiger partial charge on any atom is 0.0632 e. The molecule has 1 saturated heterocycles. The molecule has 0 spiro atoms. The molecule has 16 heavy (non-hydrogen) atoms. The van der Waals surface area contributed by atoms with Gasteiger partial charge in [0.05, 0.1) is 5.60 Å². The number of rotatable bonds is 1. The van der Waals surface area contributed by atoms with E-state index in [1.807, 2.05) is 6.92 Å². The summed E-state index contributed by atoms with van der Waals surface area (Å²) in [4.78, 5) is 2.65. The van der Waals surface area contributed by atoms with E-state index in [4.69, 9.17) is 0 Å². The fourth-order valence-corrected chi connectivity index (χ4v) is 3.26. The first-order valence-electron chi connectivity index (χ1n) is 7.03. The number of hydrogen-bond donors (Lipinski definition) is 1. The monoisotopic (exact) mass is 225 g/mol. The highest BCUT2D eigenvalue weighted by molar-refractivity contribution is 4.84. The van der Waals surface area contributed by atoms with Crippen molar-refractivity contribution in [2.45, 2.75) is 70.4 Å². The number of nitrogens with zero attached hydrogens (tertiary/aromatic N) is 1. The maximum atomic E-state index is 10.1. The predicted molar refractivity (Wildman–Crippen MR) is 67.5 cm³/mol. The molecule has 0 bridgehead atoms. The normalized spacial score (nSPS) is 42.9. The van der Waals surface area contributed by atoms with Crippen LogP contribution in [0.4, 0.5) is 0 Å². The summed E-state index contributed by atoms with van der Waals surface area (Å²) in [6.07, 6.45) is 8.66. The van der Waals surface area contributed by atoms with Gasteiger partial charge in [0, 0.05) is 12.6 Å².